The van der Waals surface area contributed by atoms with Gasteiger partial charge in [0.2, 0.25) is 5.91 Å². The molecule has 18 heavy (non-hydrogen) atoms. The first kappa shape index (κ1) is 13.8. The van der Waals surface area contributed by atoms with Gasteiger partial charge in [-0.25, -0.2) is 0 Å². The highest BCUT2D eigenvalue weighted by atomic mass is 16.2. The molecule has 1 aliphatic carbocycles. The molecule has 4 N–H and O–H groups in total. The lowest BCUT2D eigenvalue weighted by Gasteiger charge is -2.32. The van der Waals surface area contributed by atoms with Crippen molar-refractivity contribution in [2.75, 3.05) is 13.1 Å². The average Bonchev–Trinajstić information content (AvgIpc) is 2.46. The van der Waals surface area contributed by atoms with E-state index in [1.165, 1.54) is 38.5 Å². The van der Waals surface area contributed by atoms with E-state index in [4.69, 9.17) is 5.73 Å². The van der Waals surface area contributed by atoms with Gasteiger partial charge in [0.05, 0.1) is 6.04 Å². The molecule has 1 saturated heterocycles. The molecule has 1 amide bonds. The fourth-order valence-electron chi connectivity index (χ4n) is 3.26. The monoisotopic (exact) mass is 253 g/mol. The molecule has 1 aliphatic heterocycles. The first-order chi connectivity index (χ1) is 8.81. The maximum absolute atomic E-state index is 12.2. The van der Waals surface area contributed by atoms with Crippen molar-refractivity contribution in [2.45, 2.75) is 63.5 Å². The van der Waals surface area contributed by atoms with Gasteiger partial charge in [-0.05, 0) is 38.1 Å². The van der Waals surface area contributed by atoms with Gasteiger partial charge >= 0.3 is 0 Å². The second-order valence-electron chi connectivity index (χ2n) is 5.75. The Kier molecular flexibility index (Phi) is 5.45. The normalized spacial score (nSPS) is 27.7. The van der Waals surface area contributed by atoms with Gasteiger partial charge in [0, 0.05) is 12.6 Å². The Bertz CT molecular complexity index is 258. The zero-order chi connectivity index (χ0) is 12.8. The number of piperidine rings is 1. The highest BCUT2D eigenvalue weighted by molar-refractivity contribution is 5.82. The summed E-state index contributed by atoms with van der Waals surface area (Å²) in [4.78, 5) is 12.2. The van der Waals surface area contributed by atoms with Crippen molar-refractivity contribution in [2.24, 2.45) is 11.7 Å². The Morgan fingerprint density at radius 2 is 1.89 bits per heavy atom. The molecule has 2 atom stereocenters. The van der Waals surface area contributed by atoms with Crippen LogP contribution >= 0.6 is 0 Å². The zero-order valence-electron chi connectivity index (χ0n) is 11.3. The summed E-state index contributed by atoms with van der Waals surface area (Å²) in [5.74, 6) is 0.756. The van der Waals surface area contributed by atoms with Crippen LogP contribution in [-0.4, -0.2) is 31.1 Å². The fourth-order valence-corrected chi connectivity index (χ4v) is 3.26. The molecule has 0 bridgehead atoms. The number of nitrogens with one attached hydrogen (secondary N) is 2. The Hall–Kier alpha value is -0.610. The summed E-state index contributed by atoms with van der Waals surface area (Å²) in [6.45, 7) is 1.54. The minimum absolute atomic E-state index is 0.0105. The molecule has 0 spiro atoms. The van der Waals surface area contributed by atoms with Gasteiger partial charge in [-0.15, -0.1) is 0 Å². The Morgan fingerprint density at radius 1 is 1.17 bits per heavy atom. The number of amides is 1. The quantitative estimate of drug-likeness (QED) is 0.704. The van der Waals surface area contributed by atoms with Gasteiger partial charge in [-0.2, -0.15) is 0 Å². The molecule has 104 valence electrons. The number of carbonyl (C=O) groups is 1. The molecule has 2 unspecified atom stereocenters. The lowest BCUT2D eigenvalue weighted by Crippen LogP contribution is -2.53. The van der Waals surface area contributed by atoms with Gasteiger partial charge in [-0.1, -0.05) is 25.7 Å². The van der Waals surface area contributed by atoms with E-state index in [1.807, 2.05) is 0 Å². The largest absolute Gasteiger partial charge is 0.350 e. The predicted octanol–water partition coefficient (Wildman–Crippen LogP) is 1.15. The number of rotatable bonds is 4. The Labute approximate surface area is 110 Å². The van der Waals surface area contributed by atoms with E-state index >= 15 is 0 Å². The maximum atomic E-state index is 12.2. The highest BCUT2D eigenvalue weighted by Crippen LogP contribution is 2.26. The molecule has 0 aromatic heterocycles. The third-order valence-corrected chi connectivity index (χ3v) is 4.43. The van der Waals surface area contributed by atoms with Crippen LogP contribution in [0.2, 0.25) is 0 Å². The zero-order valence-corrected chi connectivity index (χ0v) is 11.3. The molecule has 4 nitrogen and oxygen atoms in total. The van der Waals surface area contributed by atoms with E-state index in [0.717, 1.165) is 19.4 Å². The molecular formula is C14H27N3O. The van der Waals surface area contributed by atoms with E-state index < -0.39 is 0 Å². The first-order valence-corrected chi connectivity index (χ1v) is 7.55. The van der Waals surface area contributed by atoms with Crippen LogP contribution in [0.3, 0.4) is 0 Å². The topological polar surface area (TPSA) is 67.1 Å². The third-order valence-electron chi connectivity index (χ3n) is 4.43. The number of hydrogen-bond donors (Lipinski definition) is 3. The second kappa shape index (κ2) is 7.10. The van der Waals surface area contributed by atoms with E-state index in [2.05, 4.69) is 10.6 Å². The van der Waals surface area contributed by atoms with Crippen molar-refractivity contribution >= 4 is 5.91 Å². The van der Waals surface area contributed by atoms with Crippen LogP contribution in [0.15, 0.2) is 0 Å². The van der Waals surface area contributed by atoms with Crippen molar-refractivity contribution in [3.05, 3.63) is 0 Å². The summed E-state index contributed by atoms with van der Waals surface area (Å²) >= 11 is 0. The minimum Gasteiger partial charge on any atom is -0.350 e. The molecule has 1 saturated carbocycles. The third kappa shape index (κ3) is 3.69. The molecule has 2 aliphatic rings. The van der Waals surface area contributed by atoms with E-state index in [-0.39, 0.29) is 18.0 Å². The predicted molar refractivity (Wildman–Crippen MR) is 73.2 cm³/mol. The van der Waals surface area contributed by atoms with Crippen molar-refractivity contribution in [3.63, 3.8) is 0 Å². The number of hydrogen-bond acceptors (Lipinski definition) is 3. The summed E-state index contributed by atoms with van der Waals surface area (Å²) < 4.78 is 0. The van der Waals surface area contributed by atoms with Crippen LogP contribution in [0.25, 0.3) is 0 Å². The standard InChI is InChI=1S/C14H27N3O/c15-10-13(11-6-2-1-3-7-11)17-14(18)12-8-4-5-9-16-12/h11-13,16H,1-10,15H2,(H,17,18). The lowest BCUT2D eigenvalue weighted by atomic mass is 9.83. The van der Waals surface area contributed by atoms with Crippen molar-refractivity contribution in [1.29, 1.82) is 0 Å². The van der Waals surface area contributed by atoms with Crippen LogP contribution in [-0.2, 0) is 4.79 Å². The minimum atomic E-state index is 0.0105. The fraction of sp³-hybridized carbons (Fsp3) is 0.929. The van der Waals surface area contributed by atoms with Crippen molar-refractivity contribution in [3.8, 4) is 0 Å². The number of nitrogens with two attached hydrogens (primary N) is 1. The van der Waals surface area contributed by atoms with Crippen LogP contribution in [0.1, 0.15) is 51.4 Å². The summed E-state index contributed by atoms with van der Waals surface area (Å²) in [5, 5.41) is 6.48. The Balaban J connectivity index is 1.82. The average molecular weight is 253 g/mol. The summed E-state index contributed by atoms with van der Waals surface area (Å²) in [7, 11) is 0. The van der Waals surface area contributed by atoms with Gasteiger partial charge in [-0.3, -0.25) is 4.79 Å². The smallest absolute Gasteiger partial charge is 0.237 e. The molecule has 0 aromatic rings. The van der Waals surface area contributed by atoms with Gasteiger partial charge in [0.1, 0.15) is 0 Å². The van der Waals surface area contributed by atoms with Crippen LogP contribution in [0, 0.1) is 5.92 Å². The van der Waals surface area contributed by atoms with Crippen LogP contribution in [0.5, 0.6) is 0 Å². The SMILES string of the molecule is NCC(NC(=O)C1CCCCN1)C1CCCCC1. The molecule has 0 radical (unpaired) electrons. The van der Waals surface area contributed by atoms with Crippen LogP contribution < -0.4 is 16.4 Å². The van der Waals surface area contributed by atoms with E-state index in [1.54, 1.807) is 0 Å². The Morgan fingerprint density at radius 3 is 2.50 bits per heavy atom. The molecule has 2 rings (SSSR count). The number of carbonyl (C=O) groups excluding carboxylic acids is 1. The van der Waals surface area contributed by atoms with E-state index in [9.17, 15) is 4.79 Å². The molecule has 1 heterocycles. The first-order valence-electron chi connectivity index (χ1n) is 7.55. The van der Waals surface area contributed by atoms with Crippen LogP contribution in [0.4, 0.5) is 0 Å². The molecule has 4 heteroatoms. The van der Waals surface area contributed by atoms with Gasteiger partial charge < -0.3 is 16.4 Å². The molecule has 2 fully saturated rings. The van der Waals surface area contributed by atoms with Gasteiger partial charge in [0.25, 0.3) is 0 Å². The maximum Gasteiger partial charge on any atom is 0.237 e. The van der Waals surface area contributed by atoms with E-state index in [0.29, 0.717) is 12.5 Å². The summed E-state index contributed by atoms with van der Waals surface area (Å²) in [5.41, 5.74) is 5.85. The van der Waals surface area contributed by atoms with Crippen molar-refractivity contribution in [1.82, 2.24) is 10.6 Å². The molecule has 0 aromatic carbocycles. The van der Waals surface area contributed by atoms with Gasteiger partial charge in [0.15, 0.2) is 0 Å². The highest BCUT2D eigenvalue weighted by Gasteiger charge is 2.27. The molecular weight excluding hydrogens is 226 g/mol. The summed E-state index contributed by atoms with van der Waals surface area (Å²) in [6, 6.07) is 0.193. The summed E-state index contributed by atoms with van der Waals surface area (Å²) in [6.07, 6.45) is 9.67. The lowest BCUT2D eigenvalue weighted by molar-refractivity contribution is -0.124. The second-order valence-corrected chi connectivity index (χ2v) is 5.75. The van der Waals surface area contributed by atoms with Crippen molar-refractivity contribution < 1.29 is 4.79 Å².